The SMILES string of the molecule is C#CN(C(=O)C(CS)NC(=O)OC(C)(C)C)C(C(=O)NC(Cc1ccccc1)C(=O)OC(C)(C)C)c1ccc(C)cc1C. The number of esters is 1. The van der Waals surface area contributed by atoms with Gasteiger partial charge in [0.05, 0.1) is 0 Å². The topological polar surface area (TPSA) is 114 Å². The molecule has 0 heterocycles. The molecule has 2 N–H and O–H groups in total. The van der Waals surface area contributed by atoms with Gasteiger partial charge in [-0.15, -0.1) is 0 Å². The van der Waals surface area contributed by atoms with Gasteiger partial charge in [0.25, 0.3) is 5.91 Å². The maximum atomic E-state index is 14.1. The van der Waals surface area contributed by atoms with E-state index in [9.17, 15) is 19.2 Å². The molecular weight excluding hydrogens is 566 g/mol. The van der Waals surface area contributed by atoms with Crippen LogP contribution in [0.1, 0.15) is 69.8 Å². The molecule has 2 aromatic rings. The Morgan fingerprint density at radius 2 is 1.51 bits per heavy atom. The fourth-order valence-corrected chi connectivity index (χ4v) is 4.51. The number of ether oxygens (including phenoxy) is 2. The van der Waals surface area contributed by atoms with E-state index >= 15 is 0 Å². The van der Waals surface area contributed by atoms with Crippen LogP contribution in [-0.4, -0.2) is 57.8 Å². The summed E-state index contributed by atoms with van der Waals surface area (Å²) < 4.78 is 10.9. The predicted molar refractivity (Wildman–Crippen MR) is 169 cm³/mol. The lowest BCUT2D eigenvalue weighted by Crippen LogP contribution is -2.54. The summed E-state index contributed by atoms with van der Waals surface area (Å²) in [4.78, 5) is 54.6. The fourth-order valence-electron chi connectivity index (χ4n) is 4.27. The molecule has 3 atom stereocenters. The van der Waals surface area contributed by atoms with Crippen molar-refractivity contribution in [3.05, 3.63) is 70.8 Å². The Kier molecular flexibility index (Phi) is 12.3. The third kappa shape index (κ3) is 11.0. The predicted octanol–water partition coefficient (Wildman–Crippen LogP) is 4.66. The number of terminal acetylenes is 1. The van der Waals surface area contributed by atoms with Crippen molar-refractivity contribution in [2.75, 3.05) is 5.75 Å². The van der Waals surface area contributed by atoms with Crippen LogP contribution in [0.2, 0.25) is 0 Å². The molecule has 0 fully saturated rings. The number of thiol groups is 1. The van der Waals surface area contributed by atoms with E-state index in [-0.39, 0.29) is 12.2 Å². The quantitative estimate of drug-likeness (QED) is 0.156. The molecule has 43 heavy (non-hydrogen) atoms. The molecule has 2 aromatic carbocycles. The monoisotopic (exact) mass is 609 g/mol. The first-order valence-corrected chi connectivity index (χ1v) is 14.6. The van der Waals surface area contributed by atoms with Crippen LogP contribution in [0.4, 0.5) is 4.79 Å². The standard InChI is InChI=1S/C33H43N3O6S/c1-10-36(29(38)26(20-43)35-31(40)42-33(7,8)9)27(24-17-16-21(2)18-22(24)3)28(37)34-25(30(39)41-32(4,5)6)19-23-14-12-11-13-15-23/h1,11-18,25-27,43H,19-20H2,2-9H3,(H,34,37)(H,35,40). The summed E-state index contributed by atoms with van der Waals surface area (Å²) in [6.45, 7) is 14.0. The molecule has 3 amide bonds. The summed E-state index contributed by atoms with van der Waals surface area (Å²) in [6, 6.07) is 13.2. The van der Waals surface area contributed by atoms with Gasteiger partial charge < -0.3 is 20.1 Å². The number of rotatable bonds is 10. The fraction of sp³-hybridized carbons (Fsp3) is 0.455. The van der Waals surface area contributed by atoms with Gasteiger partial charge in [-0.1, -0.05) is 60.5 Å². The molecule has 9 nitrogen and oxygen atoms in total. The van der Waals surface area contributed by atoms with Crippen molar-refractivity contribution in [3.63, 3.8) is 0 Å². The van der Waals surface area contributed by atoms with Gasteiger partial charge in [0, 0.05) is 18.2 Å². The van der Waals surface area contributed by atoms with Crippen molar-refractivity contribution >= 4 is 36.5 Å². The summed E-state index contributed by atoms with van der Waals surface area (Å²) >= 11 is 4.25. The van der Waals surface area contributed by atoms with Crippen LogP contribution in [0, 0.1) is 26.3 Å². The second-order valence-corrected chi connectivity index (χ2v) is 12.6. The van der Waals surface area contributed by atoms with Crippen LogP contribution in [0.5, 0.6) is 0 Å². The zero-order chi connectivity index (χ0) is 32.5. The normalized spacial score (nSPS) is 13.5. The minimum Gasteiger partial charge on any atom is -0.458 e. The Balaban J connectivity index is 2.53. The Bertz CT molecular complexity index is 1340. The summed E-state index contributed by atoms with van der Waals surface area (Å²) in [5.41, 5.74) is 1.27. The minimum atomic E-state index is -1.35. The van der Waals surface area contributed by atoms with Gasteiger partial charge in [-0.2, -0.15) is 12.6 Å². The maximum absolute atomic E-state index is 14.1. The van der Waals surface area contributed by atoms with Gasteiger partial charge in [0.15, 0.2) is 0 Å². The van der Waals surface area contributed by atoms with Gasteiger partial charge >= 0.3 is 12.1 Å². The number of amides is 3. The molecule has 0 saturated carbocycles. The number of carbonyl (C=O) groups excluding carboxylic acids is 4. The van der Waals surface area contributed by atoms with Gasteiger partial charge in [0.2, 0.25) is 5.91 Å². The Morgan fingerprint density at radius 1 is 0.907 bits per heavy atom. The number of benzene rings is 2. The van der Waals surface area contributed by atoms with Crippen molar-refractivity contribution in [2.24, 2.45) is 0 Å². The highest BCUT2D eigenvalue weighted by molar-refractivity contribution is 7.80. The Labute approximate surface area is 260 Å². The highest BCUT2D eigenvalue weighted by atomic mass is 32.1. The molecule has 0 radical (unpaired) electrons. The smallest absolute Gasteiger partial charge is 0.408 e. The third-order valence-corrected chi connectivity index (χ3v) is 6.43. The highest BCUT2D eigenvalue weighted by Crippen LogP contribution is 2.27. The lowest BCUT2D eigenvalue weighted by Gasteiger charge is -2.32. The largest absolute Gasteiger partial charge is 0.458 e. The van der Waals surface area contributed by atoms with Crippen LogP contribution in [0.25, 0.3) is 0 Å². The van der Waals surface area contributed by atoms with Crippen LogP contribution in [-0.2, 0) is 30.3 Å². The number of hydrogen-bond donors (Lipinski definition) is 3. The van der Waals surface area contributed by atoms with E-state index < -0.39 is 53.2 Å². The van der Waals surface area contributed by atoms with E-state index in [2.05, 4.69) is 29.3 Å². The minimum absolute atomic E-state index is 0.119. The van der Waals surface area contributed by atoms with Crippen LogP contribution in [0.15, 0.2) is 48.5 Å². The highest BCUT2D eigenvalue weighted by Gasteiger charge is 2.38. The van der Waals surface area contributed by atoms with E-state index in [1.807, 2.05) is 43.3 Å². The first-order valence-electron chi connectivity index (χ1n) is 14.0. The van der Waals surface area contributed by atoms with Crippen molar-refractivity contribution in [1.82, 2.24) is 15.5 Å². The third-order valence-electron chi connectivity index (χ3n) is 6.07. The molecule has 10 heteroatoms. The molecule has 0 aliphatic carbocycles. The molecule has 3 unspecified atom stereocenters. The maximum Gasteiger partial charge on any atom is 0.408 e. The average molecular weight is 610 g/mol. The summed E-state index contributed by atoms with van der Waals surface area (Å²) in [5, 5.41) is 5.29. The van der Waals surface area contributed by atoms with Crippen molar-refractivity contribution in [1.29, 1.82) is 0 Å². The number of nitrogens with zero attached hydrogens (tertiary/aromatic N) is 1. The Morgan fingerprint density at radius 3 is 2.02 bits per heavy atom. The summed E-state index contributed by atoms with van der Waals surface area (Å²) in [5.74, 6) is -2.20. The second kappa shape index (κ2) is 15.0. The van der Waals surface area contributed by atoms with Crippen molar-refractivity contribution < 1.29 is 28.7 Å². The first kappa shape index (κ1) is 35.2. The van der Waals surface area contributed by atoms with Crippen molar-refractivity contribution in [3.8, 4) is 12.5 Å². The number of aryl methyl sites for hydroxylation is 2. The zero-order valence-electron chi connectivity index (χ0n) is 26.2. The van der Waals surface area contributed by atoms with E-state index in [0.717, 1.165) is 16.0 Å². The summed E-state index contributed by atoms with van der Waals surface area (Å²) in [7, 11) is 0. The van der Waals surface area contributed by atoms with E-state index in [1.54, 1.807) is 60.6 Å². The molecular formula is C33H43N3O6S. The van der Waals surface area contributed by atoms with Gasteiger partial charge in [-0.25, -0.2) is 9.59 Å². The molecule has 0 bridgehead atoms. The van der Waals surface area contributed by atoms with Crippen LogP contribution < -0.4 is 10.6 Å². The van der Waals surface area contributed by atoms with Crippen LogP contribution in [0.3, 0.4) is 0 Å². The average Bonchev–Trinajstić information content (AvgIpc) is 2.88. The van der Waals surface area contributed by atoms with Gasteiger partial charge in [0.1, 0.15) is 29.3 Å². The summed E-state index contributed by atoms with van der Waals surface area (Å²) in [6.07, 6.45) is 5.17. The first-order chi connectivity index (χ1) is 20.0. The number of hydrogen-bond acceptors (Lipinski definition) is 7. The zero-order valence-corrected chi connectivity index (χ0v) is 27.1. The molecule has 0 saturated heterocycles. The lowest BCUT2D eigenvalue weighted by atomic mass is 9.96. The van der Waals surface area contributed by atoms with Crippen LogP contribution >= 0.6 is 12.6 Å². The molecule has 232 valence electrons. The molecule has 0 aliphatic rings. The van der Waals surface area contributed by atoms with Crippen molar-refractivity contribution in [2.45, 2.75) is 91.1 Å². The molecule has 0 aliphatic heterocycles. The molecule has 2 rings (SSSR count). The van der Waals surface area contributed by atoms with E-state index in [1.165, 1.54) is 0 Å². The van der Waals surface area contributed by atoms with E-state index in [0.29, 0.717) is 11.1 Å². The Hall–Kier alpha value is -3.97. The lowest BCUT2D eigenvalue weighted by molar-refractivity contribution is -0.159. The second-order valence-electron chi connectivity index (χ2n) is 12.3. The van der Waals surface area contributed by atoms with Gasteiger partial charge in [-0.05, 0) is 72.1 Å². The van der Waals surface area contributed by atoms with E-state index in [4.69, 9.17) is 15.9 Å². The van der Waals surface area contributed by atoms with Gasteiger partial charge in [-0.3, -0.25) is 14.5 Å². The number of alkyl carbamates (subject to hydrolysis) is 1. The number of carbonyl (C=O) groups is 4. The molecule has 0 aromatic heterocycles. The molecule has 0 spiro atoms. The number of nitrogens with one attached hydrogen (secondary N) is 2.